The SMILES string of the molecule is CCCn1c(SCC(=O)Nc2c(C)nn(C)c2C)nc2ccccc2c1=O. The van der Waals surface area contributed by atoms with Crippen LogP contribution in [0.1, 0.15) is 24.7 Å². The lowest BCUT2D eigenvalue weighted by Gasteiger charge is -2.12. The predicted molar refractivity (Wildman–Crippen MR) is 108 cm³/mol. The van der Waals surface area contributed by atoms with Gasteiger partial charge in [-0.25, -0.2) is 4.98 Å². The zero-order valence-electron chi connectivity index (χ0n) is 15.9. The van der Waals surface area contributed by atoms with Crippen LogP contribution in [0.2, 0.25) is 0 Å². The number of rotatable bonds is 6. The molecule has 3 rings (SSSR count). The molecule has 3 aromatic rings. The Morgan fingerprint density at radius 2 is 2.00 bits per heavy atom. The average molecular weight is 385 g/mol. The first kappa shape index (κ1) is 19.2. The fourth-order valence-electron chi connectivity index (χ4n) is 2.94. The summed E-state index contributed by atoms with van der Waals surface area (Å²) in [6.45, 7) is 6.35. The third kappa shape index (κ3) is 3.90. The first-order valence-corrected chi connectivity index (χ1v) is 9.83. The molecular weight excluding hydrogens is 362 g/mol. The lowest BCUT2D eigenvalue weighted by Crippen LogP contribution is -2.24. The van der Waals surface area contributed by atoms with Crippen LogP contribution < -0.4 is 10.9 Å². The summed E-state index contributed by atoms with van der Waals surface area (Å²) in [5.41, 5.74) is 3.00. The van der Waals surface area contributed by atoms with E-state index in [2.05, 4.69) is 15.4 Å². The highest BCUT2D eigenvalue weighted by Gasteiger charge is 2.15. The van der Waals surface area contributed by atoms with E-state index in [1.807, 2.05) is 46.0 Å². The maximum Gasteiger partial charge on any atom is 0.262 e. The van der Waals surface area contributed by atoms with Gasteiger partial charge in [0.05, 0.1) is 33.7 Å². The van der Waals surface area contributed by atoms with Gasteiger partial charge in [-0.2, -0.15) is 5.10 Å². The van der Waals surface area contributed by atoms with Crippen LogP contribution >= 0.6 is 11.8 Å². The third-order valence-electron chi connectivity index (χ3n) is 4.38. The molecule has 2 aromatic heterocycles. The van der Waals surface area contributed by atoms with Gasteiger partial charge in [0.15, 0.2) is 5.16 Å². The highest BCUT2D eigenvalue weighted by molar-refractivity contribution is 7.99. The van der Waals surface area contributed by atoms with Crippen molar-refractivity contribution in [2.75, 3.05) is 11.1 Å². The maximum atomic E-state index is 12.8. The smallest absolute Gasteiger partial charge is 0.262 e. The number of aryl methyl sites for hydroxylation is 2. The molecule has 2 heterocycles. The van der Waals surface area contributed by atoms with Crippen molar-refractivity contribution < 1.29 is 4.79 Å². The predicted octanol–water partition coefficient (Wildman–Crippen LogP) is 2.89. The second-order valence-electron chi connectivity index (χ2n) is 6.37. The molecule has 0 aliphatic heterocycles. The van der Waals surface area contributed by atoms with Crippen molar-refractivity contribution >= 4 is 34.3 Å². The molecule has 0 saturated carbocycles. The molecule has 27 heavy (non-hydrogen) atoms. The van der Waals surface area contributed by atoms with Crippen molar-refractivity contribution in [2.45, 2.75) is 38.9 Å². The molecule has 8 heteroatoms. The second-order valence-corrected chi connectivity index (χ2v) is 7.32. The number of hydrogen-bond acceptors (Lipinski definition) is 5. The zero-order valence-corrected chi connectivity index (χ0v) is 16.8. The number of nitrogens with zero attached hydrogens (tertiary/aromatic N) is 4. The minimum atomic E-state index is -0.148. The molecule has 0 spiro atoms. The van der Waals surface area contributed by atoms with E-state index in [4.69, 9.17) is 0 Å². The largest absolute Gasteiger partial charge is 0.322 e. The maximum absolute atomic E-state index is 12.8. The summed E-state index contributed by atoms with van der Waals surface area (Å²) in [7, 11) is 1.84. The van der Waals surface area contributed by atoms with Crippen molar-refractivity contribution in [3.63, 3.8) is 0 Å². The number of aromatic nitrogens is 4. The highest BCUT2D eigenvalue weighted by Crippen LogP contribution is 2.21. The Morgan fingerprint density at radius 3 is 2.67 bits per heavy atom. The lowest BCUT2D eigenvalue weighted by molar-refractivity contribution is -0.113. The minimum absolute atomic E-state index is 0.0655. The van der Waals surface area contributed by atoms with Crippen LogP contribution in [0, 0.1) is 13.8 Å². The van der Waals surface area contributed by atoms with Gasteiger partial charge in [0.2, 0.25) is 5.91 Å². The van der Waals surface area contributed by atoms with E-state index >= 15 is 0 Å². The van der Waals surface area contributed by atoms with E-state index in [1.165, 1.54) is 11.8 Å². The van der Waals surface area contributed by atoms with E-state index in [-0.39, 0.29) is 17.2 Å². The van der Waals surface area contributed by atoms with Crippen LogP contribution in [0.5, 0.6) is 0 Å². The summed E-state index contributed by atoms with van der Waals surface area (Å²) in [6.07, 6.45) is 0.813. The minimum Gasteiger partial charge on any atom is -0.322 e. The molecule has 0 radical (unpaired) electrons. The number of anilines is 1. The van der Waals surface area contributed by atoms with Crippen LogP contribution in [-0.2, 0) is 18.4 Å². The summed E-state index contributed by atoms with van der Waals surface area (Å²) >= 11 is 1.27. The summed E-state index contributed by atoms with van der Waals surface area (Å²) in [5.74, 6) is 0.0205. The van der Waals surface area contributed by atoms with E-state index in [9.17, 15) is 9.59 Å². The number of fused-ring (bicyclic) bond motifs is 1. The monoisotopic (exact) mass is 385 g/mol. The van der Waals surface area contributed by atoms with Gasteiger partial charge in [-0.05, 0) is 32.4 Å². The Hall–Kier alpha value is -2.61. The van der Waals surface area contributed by atoms with Crippen molar-refractivity contribution in [2.24, 2.45) is 7.05 Å². The number of hydrogen-bond donors (Lipinski definition) is 1. The van der Waals surface area contributed by atoms with Crippen LogP contribution in [0.25, 0.3) is 10.9 Å². The summed E-state index contributed by atoms with van der Waals surface area (Å²) < 4.78 is 3.39. The molecule has 0 saturated heterocycles. The first-order valence-electron chi connectivity index (χ1n) is 8.84. The van der Waals surface area contributed by atoms with Gasteiger partial charge in [-0.3, -0.25) is 18.8 Å². The van der Waals surface area contributed by atoms with Crippen molar-refractivity contribution in [1.29, 1.82) is 0 Å². The quantitative estimate of drug-likeness (QED) is 0.521. The van der Waals surface area contributed by atoms with E-state index < -0.39 is 0 Å². The lowest BCUT2D eigenvalue weighted by atomic mass is 10.2. The van der Waals surface area contributed by atoms with Crippen LogP contribution in [0.15, 0.2) is 34.2 Å². The van der Waals surface area contributed by atoms with Crippen LogP contribution in [0.4, 0.5) is 5.69 Å². The Balaban J connectivity index is 1.82. The van der Waals surface area contributed by atoms with Gasteiger partial charge in [-0.1, -0.05) is 30.8 Å². The van der Waals surface area contributed by atoms with Gasteiger partial charge >= 0.3 is 0 Å². The summed E-state index contributed by atoms with van der Waals surface area (Å²) in [5, 5.41) is 8.38. The molecule has 0 atom stereocenters. The van der Waals surface area contributed by atoms with E-state index in [0.717, 1.165) is 23.5 Å². The summed E-state index contributed by atoms with van der Waals surface area (Å²) in [4.78, 5) is 29.8. The normalized spacial score (nSPS) is 11.1. The van der Waals surface area contributed by atoms with Gasteiger partial charge in [0.1, 0.15) is 0 Å². The molecule has 1 aromatic carbocycles. The number of nitrogens with one attached hydrogen (secondary N) is 1. The number of thioether (sulfide) groups is 1. The molecule has 142 valence electrons. The van der Waals surface area contributed by atoms with E-state index in [0.29, 0.717) is 22.6 Å². The van der Waals surface area contributed by atoms with Crippen LogP contribution in [-0.4, -0.2) is 31.0 Å². The molecule has 0 aliphatic carbocycles. The average Bonchev–Trinajstić information content (AvgIpc) is 2.89. The molecule has 7 nitrogen and oxygen atoms in total. The molecular formula is C19H23N5O2S. The zero-order chi connectivity index (χ0) is 19.6. The molecule has 1 amide bonds. The number of benzene rings is 1. The highest BCUT2D eigenvalue weighted by atomic mass is 32.2. The van der Waals surface area contributed by atoms with Gasteiger partial charge in [0, 0.05) is 13.6 Å². The number of carbonyl (C=O) groups excluding carboxylic acids is 1. The second kappa shape index (κ2) is 7.96. The molecule has 1 N–H and O–H groups in total. The Morgan fingerprint density at radius 1 is 1.26 bits per heavy atom. The fourth-order valence-corrected chi connectivity index (χ4v) is 3.76. The van der Waals surface area contributed by atoms with Gasteiger partial charge < -0.3 is 5.32 Å². The first-order chi connectivity index (χ1) is 12.9. The standard InChI is InChI=1S/C19H23N5O2S/c1-5-10-24-18(26)14-8-6-7-9-15(14)20-19(24)27-11-16(25)21-17-12(2)22-23(4)13(17)3/h6-9H,5,10-11H2,1-4H3,(H,21,25). The van der Waals surface area contributed by atoms with Crippen molar-refractivity contribution in [3.8, 4) is 0 Å². The van der Waals surface area contributed by atoms with Crippen molar-refractivity contribution in [1.82, 2.24) is 19.3 Å². The Labute approximate surface area is 161 Å². The number of amides is 1. The molecule has 0 unspecified atom stereocenters. The van der Waals surface area contributed by atoms with Gasteiger partial charge in [0.25, 0.3) is 5.56 Å². The van der Waals surface area contributed by atoms with Gasteiger partial charge in [-0.15, -0.1) is 0 Å². The number of para-hydroxylation sites is 1. The van der Waals surface area contributed by atoms with Crippen LogP contribution in [0.3, 0.4) is 0 Å². The van der Waals surface area contributed by atoms with E-state index in [1.54, 1.807) is 15.3 Å². The Kier molecular flexibility index (Phi) is 5.65. The summed E-state index contributed by atoms with van der Waals surface area (Å²) in [6, 6.07) is 7.29. The third-order valence-corrected chi connectivity index (χ3v) is 5.36. The topological polar surface area (TPSA) is 81.8 Å². The fraction of sp³-hybridized carbons (Fsp3) is 0.368. The molecule has 0 fully saturated rings. The molecule has 0 aliphatic rings. The Bertz CT molecular complexity index is 1050. The molecule has 0 bridgehead atoms. The number of carbonyl (C=O) groups is 1. The van der Waals surface area contributed by atoms with Crippen molar-refractivity contribution in [3.05, 3.63) is 46.0 Å².